The fourth-order valence-corrected chi connectivity index (χ4v) is 1.38. The maximum absolute atomic E-state index is 11.2. The number of nitrogens with one attached hydrogen (secondary N) is 2. The van der Waals surface area contributed by atoms with E-state index >= 15 is 0 Å². The number of fused-ring (bicyclic) bond motifs is 1. The molecule has 82 valence electrons. The van der Waals surface area contributed by atoms with Gasteiger partial charge in [-0.2, -0.15) is 9.97 Å². The second-order valence-corrected chi connectivity index (χ2v) is 3.29. The van der Waals surface area contributed by atoms with Gasteiger partial charge in [0.2, 0.25) is 11.9 Å². The van der Waals surface area contributed by atoms with Crippen LogP contribution in [0.3, 0.4) is 0 Å². The molecular formula is C9H8ClN5O. The number of imidazole rings is 1. The summed E-state index contributed by atoms with van der Waals surface area (Å²) in [4.78, 5) is 25.9. The third-order valence-electron chi connectivity index (χ3n) is 1.79. The van der Waals surface area contributed by atoms with Crippen LogP contribution in [0, 0.1) is 0 Å². The Hall–Kier alpha value is -1.95. The molecule has 0 saturated carbocycles. The van der Waals surface area contributed by atoms with Crippen LogP contribution in [0.4, 0.5) is 5.95 Å². The molecule has 2 aromatic rings. The van der Waals surface area contributed by atoms with E-state index in [0.29, 0.717) is 11.2 Å². The quantitative estimate of drug-likeness (QED) is 0.613. The summed E-state index contributed by atoms with van der Waals surface area (Å²) in [5.41, 5.74) is 0.960. The number of aromatic amines is 1. The molecule has 1 amide bonds. The maximum Gasteiger partial charge on any atom is 0.250 e. The topological polar surface area (TPSA) is 83.6 Å². The van der Waals surface area contributed by atoms with Gasteiger partial charge in [-0.3, -0.25) is 10.1 Å². The average Bonchev–Trinajstić information content (AvgIpc) is 2.66. The monoisotopic (exact) mass is 237 g/mol. The first-order valence-electron chi connectivity index (χ1n) is 4.51. The molecule has 7 heteroatoms. The fraction of sp³-hybridized carbons (Fsp3) is 0.111. The van der Waals surface area contributed by atoms with Crippen LogP contribution < -0.4 is 5.32 Å². The van der Waals surface area contributed by atoms with Gasteiger partial charge in [0.05, 0.1) is 6.33 Å². The van der Waals surface area contributed by atoms with Gasteiger partial charge >= 0.3 is 0 Å². The number of nitrogens with zero attached hydrogens (tertiary/aromatic N) is 3. The lowest BCUT2D eigenvalue weighted by molar-refractivity contribution is -0.111. The second kappa shape index (κ2) is 4.28. The lowest BCUT2D eigenvalue weighted by Gasteiger charge is -2.00. The molecule has 0 aliphatic carbocycles. The van der Waals surface area contributed by atoms with Crippen molar-refractivity contribution in [1.82, 2.24) is 19.9 Å². The largest absolute Gasteiger partial charge is 0.341 e. The van der Waals surface area contributed by atoms with Gasteiger partial charge < -0.3 is 4.98 Å². The van der Waals surface area contributed by atoms with Crippen LogP contribution in [0.25, 0.3) is 11.2 Å². The number of anilines is 1. The molecule has 2 rings (SSSR count). The van der Waals surface area contributed by atoms with Gasteiger partial charge in [0.25, 0.3) is 0 Å². The van der Waals surface area contributed by atoms with E-state index in [1.807, 2.05) is 0 Å². The summed E-state index contributed by atoms with van der Waals surface area (Å²) < 4.78 is 0. The summed E-state index contributed by atoms with van der Waals surface area (Å²) >= 11 is 5.87. The van der Waals surface area contributed by atoms with E-state index < -0.39 is 0 Å². The van der Waals surface area contributed by atoms with Gasteiger partial charge in [0.1, 0.15) is 5.52 Å². The van der Waals surface area contributed by atoms with Crippen molar-refractivity contribution in [3.05, 3.63) is 23.6 Å². The SMILES string of the molecule is C/C=C/C(=O)Nc1nc(Cl)c2[nH]cnc2n1. The van der Waals surface area contributed by atoms with Gasteiger partial charge in [0.15, 0.2) is 10.8 Å². The molecule has 0 aliphatic rings. The second-order valence-electron chi connectivity index (χ2n) is 2.93. The van der Waals surface area contributed by atoms with Crippen LogP contribution in [0.5, 0.6) is 0 Å². The van der Waals surface area contributed by atoms with Crippen molar-refractivity contribution in [3.63, 3.8) is 0 Å². The summed E-state index contributed by atoms with van der Waals surface area (Å²) in [6, 6.07) is 0. The first-order valence-corrected chi connectivity index (χ1v) is 4.89. The van der Waals surface area contributed by atoms with Crippen LogP contribution in [-0.2, 0) is 4.79 Å². The predicted molar refractivity (Wildman–Crippen MR) is 60.1 cm³/mol. The van der Waals surface area contributed by atoms with E-state index in [4.69, 9.17) is 11.6 Å². The standard InChI is InChI=1S/C9H8ClN5O/c1-2-3-5(16)13-9-14-7(10)6-8(15-9)12-4-11-6/h2-4H,1H3,(H2,11,12,13,14,15,16)/b3-2+. The summed E-state index contributed by atoms with van der Waals surface area (Å²) in [5, 5.41) is 2.70. The smallest absolute Gasteiger partial charge is 0.250 e. The number of carbonyl (C=O) groups is 1. The van der Waals surface area contributed by atoms with Crippen molar-refractivity contribution in [3.8, 4) is 0 Å². The molecule has 16 heavy (non-hydrogen) atoms. The normalized spacial score (nSPS) is 11.1. The van der Waals surface area contributed by atoms with E-state index in [0.717, 1.165) is 0 Å². The Labute approximate surface area is 95.8 Å². The van der Waals surface area contributed by atoms with Crippen LogP contribution in [0.15, 0.2) is 18.5 Å². The average molecular weight is 238 g/mol. The first-order chi connectivity index (χ1) is 7.70. The minimum atomic E-state index is -0.312. The Morgan fingerprint density at radius 2 is 2.38 bits per heavy atom. The molecular weight excluding hydrogens is 230 g/mol. The number of aromatic nitrogens is 4. The zero-order chi connectivity index (χ0) is 11.5. The molecule has 0 radical (unpaired) electrons. The number of halogens is 1. The number of carbonyl (C=O) groups excluding carboxylic acids is 1. The van der Waals surface area contributed by atoms with Gasteiger partial charge in [-0.1, -0.05) is 17.7 Å². The molecule has 0 atom stereocenters. The molecule has 0 bridgehead atoms. The van der Waals surface area contributed by atoms with Crippen LogP contribution in [0.2, 0.25) is 5.15 Å². The van der Waals surface area contributed by atoms with Crippen LogP contribution in [0.1, 0.15) is 6.92 Å². The van der Waals surface area contributed by atoms with E-state index in [1.54, 1.807) is 13.0 Å². The van der Waals surface area contributed by atoms with Crippen molar-refractivity contribution in [2.24, 2.45) is 0 Å². The van der Waals surface area contributed by atoms with Gasteiger partial charge in [-0.15, -0.1) is 0 Å². The molecule has 0 spiro atoms. The Morgan fingerprint density at radius 3 is 3.12 bits per heavy atom. The number of allylic oxidation sites excluding steroid dienone is 1. The van der Waals surface area contributed by atoms with E-state index in [-0.39, 0.29) is 17.0 Å². The van der Waals surface area contributed by atoms with E-state index in [1.165, 1.54) is 12.4 Å². The fourth-order valence-electron chi connectivity index (χ4n) is 1.16. The van der Waals surface area contributed by atoms with Crippen molar-refractivity contribution in [2.75, 3.05) is 5.32 Å². The van der Waals surface area contributed by atoms with Crippen molar-refractivity contribution in [2.45, 2.75) is 6.92 Å². The number of H-pyrrole nitrogens is 1. The van der Waals surface area contributed by atoms with Gasteiger partial charge in [-0.05, 0) is 13.0 Å². The molecule has 0 saturated heterocycles. The Balaban J connectivity index is 2.35. The highest BCUT2D eigenvalue weighted by Crippen LogP contribution is 2.17. The number of rotatable bonds is 2. The Kier molecular flexibility index (Phi) is 2.82. The van der Waals surface area contributed by atoms with E-state index in [2.05, 4.69) is 25.3 Å². The minimum Gasteiger partial charge on any atom is -0.341 e. The maximum atomic E-state index is 11.2. The first kappa shape index (κ1) is 10.6. The van der Waals surface area contributed by atoms with Crippen LogP contribution >= 0.6 is 11.6 Å². The summed E-state index contributed by atoms with van der Waals surface area (Å²) in [6.07, 6.45) is 4.44. The van der Waals surface area contributed by atoms with Crippen molar-refractivity contribution < 1.29 is 4.79 Å². The van der Waals surface area contributed by atoms with Crippen molar-refractivity contribution >= 4 is 34.6 Å². The molecule has 2 aromatic heterocycles. The zero-order valence-corrected chi connectivity index (χ0v) is 9.12. The molecule has 2 heterocycles. The van der Waals surface area contributed by atoms with E-state index in [9.17, 15) is 4.79 Å². The molecule has 0 aliphatic heterocycles. The highest BCUT2D eigenvalue weighted by Gasteiger charge is 2.08. The highest BCUT2D eigenvalue weighted by molar-refractivity contribution is 6.33. The highest BCUT2D eigenvalue weighted by atomic mass is 35.5. The number of hydrogen-bond acceptors (Lipinski definition) is 4. The van der Waals surface area contributed by atoms with Crippen LogP contribution in [-0.4, -0.2) is 25.8 Å². The molecule has 6 nitrogen and oxygen atoms in total. The third-order valence-corrected chi connectivity index (χ3v) is 2.07. The van der Waals surface area contributed by atoms with Crippen molar-refractivity contribution in [1.29, 1.82) is 0 Å². The summed E-state index contributed by atoms with van der Waals surface area (Å²) in [5.74, 6) is -0.179. The van der Waals surface area contributed by atoms with Gasteiger partial charge in [-0.25, -0.2) is 4.98 Å². The molecule has 0 fully saturated rings. The summed E-state index contributed by atoms with van der Waals surface area (Å²) in [6.45, 7) is 1.74. The predicted octanol–water partition coefficient (Wildman–Crippen LogP) is 1.52. The number of amides is 1. The lowest BCUT2D eigenvalue weighted by Crippen LogP contribution is -2.11. The zero-order valence-electron chi connectivity index (χ0n) is 8.36. The lowest BCUT2D eigenvalue weighted by atomic mass is 10.5. The Morgan fingerprint density at radius 1 is 1.56 bits per heavy atom. The number of hydrogen-bond donors (Lipinski definition) is 2. The summed E-state index contributed by atoms with van der Waals surface area (Å²) in [7, 11) is 0. The van der Waals surface area contributed by atoms with Gasteiger partial charge in [0, 0.05) is 0 Å². The third kappa shape index (κ3) is 2.01. The minimum absolute atomic E-state index is 0.132. The Bertz CT molecular complexity index is 562. The molecule has 0 unspecified atom stereocenters. The molecule has 0 aromatic carbocycles. The molecule has 2 N–H and O–H groups in total.